The Bertz CT molecular complexity index is 532. The number of nitrogens with one attached hydrogen (secondary N) is 2. The standard InChI is InChI=1S/C24H58N2O9Si4/c1-10-30-38(31-11-2,32-12-3)21-16-18-25-24(36-20-23-37(27-7,28-8)29-9)26-19-17-22-39(33-13-4,34-14-5)35-15-6/h20,23-26H,10-19,21-22,36H2,1-9H3. The maximum absolute atomic E-state index is 6.01. The average Bonchev–Trinajstić information content (AvgIpc) is 2.92. The van der Waals surface area contributed by atoms with Crippen LogP contribution in [0, 0.1) is 0 Å². The minimum atomic E-state index is -2.75. The molecular weight excluding hydrogens is 573 g/mol. The van der Waals surface area contributed by atoms with Gasteiger partial charge in [-0.3, -0.25) is 0 Å². The van der Waals surface area contributed by atoms with E-state index in [9.17, 15) is 0 Å². The van der Waals surface area contributed by atoms with Crippen molar-refractivity contribution in [1.82, 2.24) is 10.6 Å². The Kier molecular flexibility index (Phi) is 23.8. The van der Waals surface area contributed by atoms with Crippen molar-refractivity contribution in [3.8, 4) is 0 Å². The van der Waals surface area contributed by atoms with Gasteiger partial charge in [0, 0.05) is 78.8 Å². The number of rotatable bonds is 28. The molecule has 0 atom stereocenters. The highest BCUT2D eigenvalue weighted by atomic mass is 28.4. The first-order valence-corrected chi connectivity index (χ1v) is 21.8. The van der Waals surface area contributed by atoms with E-state index in [1.165, 1.54) is 0 Å². The Hall–Kier alpha value is 0.168. The van der Waals surface area contributed by atoms with Crippen LogP contribution < -0.4 is 10.6 Å². The van der Waals surface area contributed by atoms with Gasteiger partial charge in [0.15, 0.2) is 0 Å². The molecule has 0 saturated carbocycles. The third kappa shape index (κ3) is 15.8. The van der Waals surface area contributed by atoms with E-state index in [-0.39, 0.29) is 5.79 Å². The van der Waals surface area contributed by atoms with E-state index < -0.39 is 35.9 Å². The summed E-state index contributed by atoms with van der Waals surface area (Å²) in [6.45, 7) is 17.1. The zero-order valence-corrected chi connectivity index (χ0v) is 30.5. The zero-order valence-electron chi connectivity index (χ0n) is 26.1. The first kappa shape index (κ1) is 39.2. The molecule has 0 radical (unpaired) electrons. The van der Waals surface area contributed by atoms with Gasteiger partial charge in [0.05, 0.1) is 9.52 Å². The predicted octanol–water partition coefficient (Wildman–Crippen LogP) is 2.43. The number of hydrogen-bond acceptors (Lipinski definition) is 11. The molecule has 0 bridgehead atoms. The summed E-state index contributed by atoms with van der Waals surface area (Å²) in [5, 5.41) is 7.40. The van der Waals surface area contributed by atoms with Crippen LogP contribution in [-0.4, -0.2) is 116 Å². The fourth-order valence-corrected chi connectivity index (χ4v) is 13.1. The minimum Gasteiger partial charge on any atom is -0.374 e. The zero-order chi connectivity index (χ0) is 29.5. The molecule has 0 heterocycles. The van der Waals surface area contributed by atoms with E-state index >= 15 is 0 Å². The van der Waals surface area contributed by atoms with E-state index in [4.69, 9.17) is 39.8 Å². The van der Waals surface area contributed by atoms with Crippen molar-refractivity contribution in [3.63, 3.8) is 0 Å². The fourth-order valence-electron chi connectivity index (χ4n) is 4.21. The van der Waals surface area contributed by atoms with Crippen LogP contribution in [0.15, 0.2) is 11.4 Å². The molecule has 0 rings (SSSR count). The quantitative estimate of drug-likeness (QED) is 0.0756. The fraction of sp³-hybridized carbons (Fsp3) is 0.917. The summed E-state index contributed by atoms with van der Waals surface area (Å²) in [5.41, 5.74) is 4.16. The van der Waals surface area contributed by atoms with Crippen molar-refractivity contribution in [2.45, 2.75) is 72.3 Å². The van der Waals surface area contributed by atoms with Crippen molar-refractivity contribution >= 4 is 35.9 Å². The average molecular weight is 631 g/mol. The molecule has 0 aromatic rings. The van der Waals surface area contributed by atoms with Gasteiger partial charge < -0.3 is 50.5 Å². The van der Waals surface area contributed by atoms with Gasteiger partial charge in [-0.15, -0.1) is 0 Å². The SMILES string of the molecule is CCO[Si](CCCNC(NCCC[Si](OCC)(OCC)OCC)[SiH2]C=C[Si](OC)(OC)OC)(OCC)OCC. The van der Waals surface area contributed by atoms with Crippen molar-refractivity contribution in [2.75, 3.05) is 74.1 Å². The maximum atomic E-state index is 6.01. The molecule has 15 heteroatoms. The van der Waals surface area contributed by atoms with Crippen LogP contribution in [0.4, 0.5) is 0 Å². The van der Waals surface area contributed by atoms with Crippen molar-refractivity contribution in [2.24, 2.45) is 0 Å². The second-order valence-electron chi connectivity index (χ2n) is 8.49. The normalized spacial score (nSPS) is 13.6. The third-order valence-corrected chi connectivity index (χ3v) is 16.5. The van der Waals surface area contributed by atoms with E-state index in [1.807, 2.05) is 47.2 Å². The third-order valence-electron chi connectivity index (χ3n) is 5.83. The van der Waals surface area contributed by atoms with Crippen LogP contribution in [0.25, 0.3) is 0 Å². The van der Waals surface area contributed by atoms with Gasteiger partial charge in [-0.25, -0.2) is 0 Å². The highest BCUT2D eigenvalue weighted by molar-refractivity contribution is 6.67. The van der Waals surface area contributed by atoms with Gasteiger partial charge in [0.1, 0.15) is 0 Å². The maximum Gasteiger partial charge on any atom is 0.528 e. The molecule has 0 unspecified atom stereocenters. The van der Waals surface area contributed by atoms with Crippen LogP contribution in [0.3, 0.4) is 0 Å². The second-order valence-corrected chi connectivity index (χ2v) is 18.5. The van der Waals surface area contributed by atoms with E-state index in [2.05, 4.69) is 16.3 Å². The lowest BCUT2D eigenvalue weighted by atomic mass is 10.4. The van der Waals surface area contributed by atoms with Crippen LogP contribution in [0.1, 0.15) is 54.4 Å². The lowest BCUT2D eigenvalue weighted by Gasteiger charge is -2.29. The molecule has 0 saturated heterocycles. The summed E-state index contributed by atoms with van der Waals surface area (Å²) in [5.74, 6) is 0.170. The summed E-state index contributed by atoms with van der Waals surface area (Å²) in [7, 11) is -3.94. The van der Waals surface area contributed by atoms with Gasteiger partial charge in [-0.05, 0) is 73.2 Å². The van der Waals surface area contributed by atoms with Gasteiger partial charge in [0.25, 0.3) is 0 Å². The first-order valence-electron chi connectivity index (χ1n) is 14.5. The Morgan fingerprint density at radius 2 is 0.923 bits per heavy atom. The molecule has 2 N–H and O–H groups in total. The second kappa shape index (κ2) is 23.7. The topological polar surface area (TPSA) is 107 Å². The number of hydrogen-bond donors (Lipinski definition) is 2. The summed E-state index contributed by atoms with van der Waals surface area (Å²) in [6.07, 6.45) is 1.79. The van der Waals surface area contributed by atoms with Crippen LogP contribution >= 0.6 is 0 Å². The molecule has 234 valence electrons. The summed E-state index contributed by atoms with van der Waals surface area (Å²) >= 11 is 0. The van der Waals surface area contributed by atoms with Gasteiger partial charge in [0.2, 0.25) is 0 Å². The Morgan fingerprint density at radius 3 is 1.21 bits per heavy atom. The van der Waals surface area contributed by atoms with Gasteiger partial charge in [-0.1, -0.05) is 5.70 Å². The Morgan fingerprint density at radius 1 is 0.590 bits per heavy atom. The highest BCUT2D eigenvalue weighted by Crippen LogP contribution is 2.19. The molecule has 0 amide bonds. The van der Waals surface area contributed by atoms with Crippen LogP contribution in [0.5, 0.6) is 0 Å². The molecule has 39 heavy (non-hydrogen) atoms. The van der Waals surface area contributed by atoms with E-state index in [0.717, 1.165) is 38.0 Å². The lowest BCUT2D eigenvalue weighted by molar-refractivity contribution is 0.0701. The molecule has 0 aliphatic carbocycles. The van der Waals surface area contributed by atoms with Gasteiger partial charge >= 0.3 is 26.4 Å². The molecule has 0 aliphatic rings. The van der Waals surface area contributed by atoms with E-state index in [1.54, 1.807) is 21.3 Å². The molecule has 0 aromatic heterocycles. The molecular formula is C24H58N2O9Si4. The molecule has 0 fully saturated rings. The molecule has 0 aliphatic heterocycles. The monoisotopic (exact) mass is 630 g/mol. The van der Waals surface area contributed by atoms with Gasteiger partial charge in [-0.2, -0.15) is 0 Å². The molecule has 11 nitrogen and oxygen atoms in total. The highest BCUT2D eigenvalue weighted by Gasteiger charge is 2.40. The Labute approximate surface area is 243 Å². The minimum absolute atomic E-state index is 0.170. The van der Waals surface area contributed by atoms with Crippen LogP contribution in [-0.2, 0) is 39.8 Å². The van der Waals surface area contributed by atoms with E-state index in [0.29, 0.717) is 39.6 Å². The van der Waals surface area contributed by atoms with Crippen molar-refractivity contribution in [3.05, 3.63) is 11.4 Å². The predicted molar refractivity (Wildman–Crippen MR) is 164 cm³/mol. The Balaban J connectivity index is 5.24. The summed E-state index contributed by atoms with van der Waals surface area (Å²) in [4.78, 5) is 0. The largest absolute Gasteiger partial charge is 0.528 e. The molecule has 0 spiro atoms. The lowest BCUT2D eigenvalue weighted by Crippen LogP contribution is -2.50. The summed E-state index contributed by atoms with van der Waals surface area (Å²) in [6, 6.07) is 1.55. The summed E-state index contributed by atoms with van der Waals surface area (Å²) < 4.78 is 52.7. The first-order chi connectivity index (χ1) is 18.8. The smallest absolute Gasteiger partial charge is 0.374 e. The van der Waals surface area contributed by atoms with Crippen molar-refractivity contribution < 1.29 is 39.8 Å². The van der Waals surface area contributed by atoms with Crippen molar-refractivity contribution in [1.29, 1.82) is 0 Å². The molecule has 0 aromatic carbocycles. The van der Waals surface area contributed by atoms with Crippen LogP contribution in [0.2, 0.25) is 12.1 Å².